The molecule has 2 bridgehead atoms. The predicted octanol–water partition coefficient (Wildman–Crippen LogP) is 2.90. The summed E-state index contributed by atoms with van der Waals surface area (Å²) in [6, 6.07) is 8.81. The van der Waals surface area contributed by atoms with E-state index in [1.54, 1.807) is 36.6 Å². The van der Waals surface area contributed by atoms with Crippen LogP contribution in [0.5, 0.6) is 11.5 Å². The molecule has 1 saturated heterocycles. The van der Waals surface area contributed by atoms with Crippen LogP contribution in [0.15, 0.2) is 53.2 Å². The summed E-state index contributed by atoms with van der Waals surface area (Å²) in [7, 11) is 0. The van der Waals surface area contributed by atoms with Gasteiger partial charge in [0.2, 0.25) is 11.8 Å². The molecule has 0 saturated carbocycles. The summed E-state index contributed by atoms with van der Waals surface area (Å²) in [5.74, 6) is -0.0302. The molecular formula is C23H26N2O6. The Hall–Kier alpha value is -3.26. The lowest BCUT2D eigenvalue weighted by Crippen LogP contribution is -2.44. The number of furan rings is 1. The number of fused-ring (bicyclic) bond motifs is 2. The molecule has 164 valence electrons. The minimum atomic E-state index is -0.656. The first kappa shape index (κ1) is 21.0. The van der Waals surface area contributed by atoms with Gasteiger partial charge < -0.3 is 29.3 Å². The van der Waals surface area contributed by atoms with Gasteiger partial charge in [0.1, 0.15) is 17.3 Å². The van der Waals surface area contributed by atoms with Gasteiger partial charge in [0.05, 0.1) is 55.8 Å². The summed E-state index contributed by atoms with van der Waals surface area (Å²) in [5, 5.41) is 5.77. The van der Waals surface area contributed by atoms with Gasteiger partial charge in [0.25, 0.3) is 0 Å². The molecule has 8 heteroatoms. The van der Waals surface area contributed by atoms with Gasteiger partial charge in [-0.3, -0.25) is 9.59 Å². The number of hydrogen-bond donors (Lipinski definition) is 2. The molecule has 1 fully saturated rings. The average Bonchev–Trinajstić information content (AvgIpc) is 3.51. The van der Waals surface area contributed by atoms with Crippen molar-refractivity contribution in [2.75, 3.05) is 18.5 Å². The Balaban J connectivity index is 1.50. The molecule has 2 aliphatic heterocycles. The first-order chi connectivity index (χ1) is 15.1. The number of anilines is 1. The third-order valence-corrected chi connectivity index (χ3v) is 5.34. The normalized spacial score (nSPS) is 23.5. The van der Waals surface area contributed by atoms with Crippen LogP contribution in [0.1, 0.15) is 19.6 Å². The van der Waals surface area contributed by atoms with Crippen molar-refractivity contribution in [3.63, 3.8) is 0 Å². The van der Waals surface area contributed by atoms with Crippen LogP contribution in [0, 0.1) is 11.8 Å². The smallest absolute Gasteiger partial charge is 0.231 e. The van der Waals surface area contributed by atoms with E-state index in [1.807, 2.05) is 26.0 Å². The van der Waals surface area contributed by atoms with Gasteiger partial charge in [-0.05, 0) is 38.1 Å². The molecule has 8 nitrogen and oxygen atoms in total. The number of carbonyl (C=O) groups is 2. The van der Waals surface area contributed by atoms with Gasteiger partial charge in [-0.25, -0.2) is 0 Å². The quantitative estimate of drug-likeness (QED) is 0.598. The summed E-state index contributed by atoms with van der Waals surface area (Å²) < 4.78 is 22.3. The molecule has 2 amide bonds. The summed E-state index contributed by atoms with van der Waals surface area (Å²) in [6.45, 7) is 4.97. The average molecular weight is 426 g/mol. The molecule has 0 radical (unpaired) electrons. The van der Waals surface area contributed by atoms with Crippen molar-refractivity contribution in [2.45, 2.75) is 32.6 Å². The second kappa shape index (κ2) is 9.26. The first-order valence-corrected chi connectivity index (χ1v) is 10.4. The lowest BCUT2D eigenvalue weighted by Gasteiger charge is -2.24. The fraction of sp³-hybridized carbons (Fsp3) is 0.391. The number of carbonyl (C=O) groups excluding carboxylic acids is 2. The van der Waals surface area contributed by atoms with Crippen LogP contribution in [0.25, 0.3) is 0 Å². The van der Waals surface area contributed by atoms with Gasteiger partial charge in [-0.2, -0.15) is 0 Å². The number of amides is 2. The number of rotatable bonds is 9. The second-order valence-corrected chi connectivity index (χ2v) is 7.31. The Morgan fingerprint density at radius 1 is 1.00 bits per heavy atom. The lowest BCUT2D eigenvalue weighted by molar-refractivity contribution is -0.131. The van der Waals surface area contributed by atoms with Gasteiger partial charge in [0, 0.05) is 6.07 Å². The minimum absolute atomic E-state index is 0.249. The van der Waals surface area contributed by atoms with Crippen LogP contribution < -0.4 is 20.1 Å². The highest BCUT2D eigenvalue weighted by atomic mass is 16.5. The number of hydrogen-bond acceptors (Lipinski definition) is 6. The molecule has 31 heavy (non-hydrogen) atoms. The number of nitrogens with one attached hydrogen (secondary N) is 2. The molecule has 4 rings (SSSR count). The zero-order valence-electron chi connectivity index (χ0n) is 17.5. The molecule has 1 aromatic heterocycles. The van der Waals surface area contributed by atoms with Crippen molar-refractivity contribution < 1.29 is 28.2 Å². The fourth-order valence-corrected chi connectivity index (χ4v) is 4.00. The van der Waals surface area contributed by atoms with Crippen molar-refractivity contribution in [3.05, 3.63) is 54.5 Å². The van der Waals surface area contributed by atoms with E-state index in [0.717, 1.165) is 0 Å². The maximum atomic E-state index is 13.3. The molecule has 2 aliphatic rings. The third-order valence-electron chi connectivity index (χ3n) is 5.34. The van der Waals surface area contributed by atoms with Gasteiger partial charge in [-0.15, -0.1) is 0 Å². The van der Waals surface area contributed by atoms with Crippen LogP contribution in [0.4, 0.5) is 5.69 Å². The highest BCUT2D eigenvalue weighted by Crippen LogP contribution is 2.40. The zero-order valence-corrected chi connectivity index (χ0v) is 17.5. The molecule has 0 spiro atoms. The summed E-state index contributed by atoms with van der Waals surface area (Å²) in [5.41, 5.74) is 0.499. The maximum Gasteiger partial charge on any atom is 0.231 e. The van der Waals surface area contributed by atoms with E-state index in [-0.39, 0.29) is 18.4 Å². The highest BCUT2D eigenvalue weighted by molar-refractivity contribution is 5.98. The summed E-state index contributed by atoms with van der Waals surface area (Å²) in [6.07, 6.45) is 4.35. The Morgan fingerprint density at radius 3 is 2.42 bits per heavy atom. The summed E-state index contributed by atoms with van der Waals surface area (Å²) >= 11 is 0. The zero-order chi connectivity index (χ0) is 21.8. The fourth-order valence-electron chi connectivity index (χ4n) is 4.00. The minimum Gasteiger partial charge on any atom is -0.494 e. The maximum absolute atomic E-state index is 13.3. The topological polar surface area (TPSA) is 99.0 Å². The number of ether oxygens (including phenoxy) is 3. The Kier molecular flexibility index (Phi) is 6.27. The van der Waals surface area contributed by atoms with E-state index in [9.17, 15) is 9.59 Å². The van der Waals surface area contributed by atoms with Crippen molar-refractivity contribution in [1.82, 2.24) is 5.32 Å². The lowest BCUT2D eigenvalue weighted by atomic mass is 9.81. The van der Waals surface area contributed by atoms with Crippen LogP contribution in [-0.2, 0) is 20.9 Å². The Bertz CT molecular complexity index is 955. The highest BCUT2D eigenvalue weighted by Gasteiger charge is 2.53. The SMILES string of the molecule is CCOc1ccc(OCC)c(NC(=O)[C@@H]2[C@@H](C(=O)NCc3ccco3)[C@@H]3C=C[C@H]2O3)c1. The van der Waals surface area contributed by atoms with Crippen LogP contribution in [-0.4, -0.2) is 37.2 Å². The standard InChI is InChI=1S/C23H26N2O6/c1-3-28-14-7-8-17(29-4-2)16(12-14)25-23(27)21-19-10-9-18(31-19)20(21)22(26)24-13-15-6-5-11-30-15/h5-12,18-21H,3-4,13H2,1-2H3,(H,24,26)(H,25,27)/t18-,19+,20-,21-/m0/s1. The first-order valence-electron chi connectivity index (χ1n) is 10.4. The third kappa shape index (κ3) is 4.44. The van der Waals surface area contributed by atoms with E-state index in [2.05, 4.69) is 10.6 Å². The van der Waals surface area contributed by atoms with Crippen molar-refractivity contribution in [2.24, 2.45) is 11.8 Å². The molecule has 2 N–H and O–H groups in total. The number of benzene rings is 1. The van der Waals surface area contributed by atoms with Crippen LogP contribution >= 0.6 is 0 Å². The van der Waals surface area contributed by atoms with Gasteiger partial charge in [0.15, 0.2) is 0 Å². The molecule has 4 atom stereocenters. The van der Waals surface area contributed by atoms with E-state index in [0.29, 0.717) is 36.2 Å². The van der Waals surface area contributed by atoms with Crippen LogP contribution in [0.3, 0.4) is 0 Å². The Morgan fingerprint density at radius 2 is 1.74 bits per heavy atom. The van der Waals surface area contributed by atoms with E-state index in [1.165, 1.54) is 0 Å². The Labute approximate surface area is 180 Å². The summed E-state index contributed by atoms with van der Waals surface area (Å²) in [4.78, 5) is 26.2. The molecule has 0 unspecified atom stereocenters. The van der Waals surface area contributed by atoms with Crippen molar-refractivity contribution >= 4 is 17.5 Å². The molecule has 2 aromatic rings. The largest absolute Gasteiger partial charge is 0.494 e. The van der Waals surface area contributed by atoms with E-state index < -0.39 is 24.0 Å². The van der Waals surface area contributed by atoms with E-state index >= 15 is 0 Å². The van der Waals surface area contributed by atoms with Gasteiger partial charge >= 0.3 is 0 Å². The van der Waals surface area contributed by atoms with Crippen molar-refractivity contribution in [3.8, 4) is 11.5 Å². The molecule has 0 aliphatic carbocycles. The second-order valence-electron chi connectivity index (χ2n) is 7.31. The molecule has 1 aromatic carbocycles. The molecular weight excluding hydrogens is 400 g/mol. The van der Waals surface area contributed by atoms with Gasteiger partial charge in [-0.1, -0.05) is 12.2 Å². The van der Waals surface area contributed by atoms with Crippen LogP contribution in [0.2, 0.25) is 0 Å². The van der Waals surface area contributed by atoms with Crippen molar-refractivity contribution in [1.29, 1.82) is 0 Å². The predicted molar refractivity (Wildman–Crippen MR) is 113 cm³/mol. The van der Waals surface area contributed by atoms with E-state index in [4.69, 9.17) is 18.6 Å². The molecule has 3 heterocycles. The monoisotopic (exact) mass is 426 g/mol.